The maximum absolute atomic E-state index is 11.3. The predicted molar refractivity (Wildman–Crippen MR) is 69.3 cm³/mol. The Bertz CT molecular complexity index is 484. The molecule has 0 spiro atoms. The van der Waals surface area contributed by atoms with E-state index < -0.39 is 18.2 Å². The molecule has 0 aromatic heterocycles. The fourth-order valence-corrected chi connectivity index (χ4v) is 5.36. The first-order chi connectivity index (χ1) is 7.21. The molecule has 0 aliphatic rings. The van der Waals surface area contributed by atoms with E-state index in [1.807, 2.05) is 50.0 Å². The van der Waals surface area contributed by atoms with E-state index in [9.17, 15) is 13.0 Å². The zero-order valence-electron chi connectivity index (χ0n) is 9.64. The zero-order chi connectivity index (χ0) is 12.4. The van der Waals surface area contributed by atoms with Crippen LogP contribution >= 0.6 is 0 Å². The molecule has 0 amide bonds. The summed E-state index contributed by atoms with van der Waals surface area (Å²) in [6, 6.07) is 9.14. The lowest BCUT2D eigenvalue weighted by molar-refractivity contribution is 0.493. The molecule has 0 radical (unpaired) electrons. The van der Waals surface area contributed by atoms with Crippen molar-refractivity contribution >= 4 is 24.3 Å². The highest BCUT2D eigenvalue weighted by Crippen LogP contribution is 2.22. The fraction of sp³-hybridized carbons (Fsp3) is 0.273. The van der Waals surface area contributed by atoms with Crippen LogP contribution in [0.25, 0.3) is 6.08 Å². The van der Waals surface area contributed by atoms with Crippen molar-refractivity contribution in [1.29, 1.82) is 0 Å². The minimum Gasteiger partial charge on any atom is -0.282 e. The first-order valence-corrected chi connectivity index (χ1v) is 9.90. The summed E-state index contributed by atoms with van der Waals surface area (Å²) in [4.78, 5) is 0. The average molecular weight is 256 g/mol. The molecule has 88 valence electrons. The Morgan fingerprint density at radius 3 is 2.06 bits per heavy atom. The van der Waals surface area contributed by atoms with Gasteiger partial charge in [0.05, 0.1) is 12.6 Å². The van der Waals surface area contributed by atoms with Gasteiger partial charge in [0.1, 0.15) is 0 Å². The summed E-state index contributed by atoms with van der Waals surface area (Å²) in [5.41, 5.74) is 0.789. The standard InChI is InChI=1S/C11H16O3SSi/c1-16(2,3)11(15(12,13)14)9-10-7-5-4-6-8-10/h4-9H,1-3H3,(H,12,13,14). The van der Waals surface area contributed by atoms with E-state index in [0.29, 0.717) is 0 Å². The Labute approximate surface area is 97.6 Å². The topological polar surface area (TPSA) is 54.4 Å². The highest BCUT2D eigenvalue weighted by Gasteiger charge is 2.29. The second kappa shape index (κ2) is 4.53. The van der Waals surface area contributed by atoms with Gasteiger partial charge in [0, 0.05) is 0 Å². The Balaban J connectivity index is 3.30. The molecule has 0 saturated carbocycles. The molecule has 5 heteroatoms. The Kier molecular flexibility index (Phi) is 3.72. The van der Waals surface area contributed by atoms with Gasteiger partial charge in [0.15, 0.2) is 0 Å². The number of hydrogen-bond donors (Lipinski definition) is 1. The molecule has 1 aromatic rings. The number of hydrogen-bond acceptors (Lipinski definition) is 2. The molecule has 0 bridgehead atoms. The van der Waals surface area contributed by atoms with Crippen molar-refractivity contribution in [3.05, 3.63) is 40.4 Å². The van der Waals surface area contributed by atoms with Crippen LogP contribution in [-0.4, -0.2) is 21.0 Å². The van der Waals surface area contributed by atoms with Crippen LogP contribution in [0.15, 0.2) is 34.9 Å². The molecular formula is C11H16O3SSi. The van der Waals surface area contributed by atoms with Crippen molar-refractivity contribution in [2.45, 2.75) is 19.6 Å². The van der Waals surface area contributed by atoms with Gasteiger partial charge in [0.25, 0.3) is 10.1 Å². The van der Waals surface area contributed by atoms with E-state index in [0.717, 1.165) is 5.56 Å². The molecule has 0 fully saturated rings. The molecule has 1 rings (SSSR count). The molecule has 1 N–H and O–H groups in total. The van der Waals surface area contributed by atoms with E-state index >= 15 is 0 Å². The van der Waals surface area contributed by atoms with Crippen LogP contribution in [0.4, 0.5) is 0 Å². The van der Waals surface area contributed by atoms with Crippen molar-refractivity contribution in [2.24, 2.45) is 0 Å². The molecule has 16 heavy (non-hydrogen) atoms. The molecule has 0 heterocycles. The summed E-state index contributed by atoms with van der Waals surface area (Å²) in [7, 11) is -6.18. The van der Waals surface area contributed by atoms with Gasteiger partial charge in [0.2, 0.25) is 0 Å². The van der Waals surface area contributed by atoms with E-state index in [-0.39, 0.29) is 4.53 Å². The average Bonchev–Trinajstić information content (AvgIpc) is 2.12. The lowest BCUT2D eigenvalue weighted by atomic mass is 10.2. The molecule has 0 atom stereocenters. The van der Waals surface area contributed by atoms with Crippen LogP contribution in [-0.2, 0) is 10.1 Å². The van der Waals surface area contributed by atoms with Crippen molar-refractivity contribution in [3.63, 3.8) is 0 Å². The molecule has 1 aromatic carbocycles. The highest BCUT2D eigenvalue weighted by molar-refractivity contribution is 7.92. The maximum atomic E-state index is 11.3. The summed E-state index contributed by atoms with van der Waals surface area (Å²) >= 11 is 0. The van der Waals surface area contributed by atoms with Crippen molar-refractivity contribution in [1.82, 2.24) is 0 Å². The van der Waals surface area contributed by atoms with Crippen LogP contribution in [0.5, 0.6) is 0 Å². The molecule has 0 aliphatic carbocycles. The van der Waals surface area contributed by atoms with E-state index in [1.165, 1.54) is 0 Å². The molecule has 0 saturated heterocycles. The third-order valence-corrected chi connectivity index (χ3v) is 7.02. The Hall–Kier alpha value is -0.913. The van der Waals surface area contributed by atoms with Gasteiger partial charge in [-0.05, 0) is 11.6 Å². The number of benzene rings is 1. The Morgan fingerprint density at radius 1 is 1.19 bits per heavy atom. The van der Waals surface area contributed by atoms with Crippen LogP contribution in [0, 0.1) is 0 Å². The quantitative estimate of drug-likeness (QED) is 0.668. The van der Waals surface area contributed by atoms with Gasteiger partial charge >= 0.3 is 0 Å². The highest BCUT2D eigenvalue weighted by atomic mass is 32.2. The monoisotopic (exact) mass is 256 g/mol. The predicted octanol–water partition coefficient (Wildman–Crippen LogP) is 2.79. The van der Waals surface area contributed by atoms with Crippen LogP contribution in [0.3, 0.4) is 0 Å². The maximum Gasteiger partial charge on any atom is 0.286 e. The molecular weight excluding hydrogens is 240 g/mol. The van der Waals surface area contributed by atoms with Gasteiger partial charge in [-0.2, -0.15) is 8.42 Å². The van der Waals surface area contributed by atoms with Crippen LogP contribution in [0.2, 0.25) is 19.6 Å². The third kappa shape index (κ3) is 3.59. The summed E-state index contributed by atoms with van der Waals surface area (Å²) < 4.78 is 32.0. The lowest BCUT2D eigenvalue weighted by Crippen LogP contribution is -2.29. The SMILES string of the molecule is C[Si](C)(C)C(=Cc1ccccc1)S(=O)(=O)O. The second-order valence-electron chi connectivity index (χ2n) is 4.64. The minimum absolute atomic E-state index is 0.159. The molecule has 0 aliphatic heterocycles. The minimum atomic E-state index is -4.10. The molecule has 0 unspecified atom stereocenters. The zero-order valence-corrected chi connectivity index (χ0v) is 11.5. The van der Waals surface area contributed by atoms with E-state index in [1.54, 1.807) is 6.08 Å². The van der Waals surface area contributed by atoms with Crippen molar-refractivity contribution in [2.75, 3.05) is 0 Å². The number of rotatable bonds is 3. The summed E-state index contributed by atoms with van der Waals surface area (Å²) in [6.07, 6.45) is 1.56. The van der Waals surface area contributed by atoms with Gasteiger partial charge < -0.3 is 0 Å². The summed E-state index contributed by atoms with van der Waals surface area (Å²) in [6.45, 7) is 5.65. The first-order valence-electron chi connectivity index (χ1n) is 4.96. The normalized spacial score (nSPS) is 13.9. The van der Waals surface area contributed by atoms with Gasteiger partial charge in [-0.25, -0.2) is 0 Å². The van der Waals surface area contributed by atoms with Gasteiger partial charge in [-0.15, -0.1) is 0 Å². The van der Waals surface area contributed by atoms with Gasteiger partial charge in [-0.3, -0.25) is 4.55 Å². The fourth-order valence-electron chi connectivity index (χ4n) is 1.38. The van der Waals surface area contributed by atoms with E-state index in [4.69, 9.17) is 0 Å². The van der Waals surface area contributed by atoms with Gasteiger partial charge in [-0.1, -0.05) is 50.0 Å². The summed E-state index contributed by atoms with van der Waals surface area (Å²) in [5, 5.41) is 0. The second-order valence-corrected chi connectivity index (χ2v) is 11.4. The Morgan fingerprint density at radius 2 is 1.69 bits per heavy atom. The molecule has 3 nitrogen and oxygen atoms in total. The van der Waals surface area contributed by atoms with Crippen LogP contribution < -0.4 is 0 Å². The van der Waals surface area contributed by atoms with Crippen LogP contribution in [0.1, 0.15) is 5.56 Å². The van der Waals surface area contributed by atoms with Crippen molar-refractivity contribution in [3.8, 4) is 0 Å². The van der Waals surface area contributed by atoms with E-state index in [2.05, 4.69) is 0 Å². The summed E-state index contributed by atoms with van der Waals surface area (Å²) in [5.74, 6) is 0. The lowest BCUT2D eigenvalue weighted by Gasteiger charge is -2.17. The first kappa shape index (κ1) is 13.2. The van der Waals surface area contributed by atoms with Crippen molar-refractivity contribution < 1.29 is 13.0 Å². The third-order valence-electron chi connectivity index (χ3n) is 2.11. The largest absolute Gasteiger partial charge is 0.286 e. The smallest absolute Gasteiger partial charge is 0.282 e.